The first-order chi connectivity index (χ1) is 14.8. The average Bonchev–Trinajstić information content (AvgIpc) is 2.80. The van der Waals surface area contributed by atoms with Crippen LogP contribution in [0.5, 0.6) is 17.4 Å². The molecule has 3 aromatic rings. The normalized spacial score (nSPS) is 10.7. The van der Waals surface area contributed by atoms with Crippen LogP contribution in [0.1, 0.15) is 24.5 Å². The van der Waals surface area contributed by atoms with E-state index in [1.807, 2.05) is 54.6 Å². The Kier molecular flexibility index (Phi) is 10.6. The Morgan fingerprint density at radius 2 is 1.61 bits per heavy atom. The van der Waals surface area contributed by atoms with Crippen molar-refractivity contribution in [3.05, 3.63) is 84.1 Å². The van der Waals surface area contributed by atoms with E-state index in [1.165, 1.54) is 5.56 Å². The summed E-state index contributed by atoms with van der Waals surface area (Å²) >= 11 is 0. The van der Waals surface area contributed by atoms with Crippen LogP contribution in [0.15, 0.2) is 77.9 Å². The van der Waals surface area contributed by atoms with Crippen LogP contribution in [0.25, 0.3) is 0 Å². The molecule has 6 nitrogen and oxygen atoms in total. The number of pyridine rings is 1. The number of para-hydroxylation sites is 2. The molecule has 0 saturated carbocycles. The van der Waals surface area contributed by atoms with Crippen molar-refractivity contribution in [3.8, 4) is 17.4 Å². The molecule has 0 saturated heterocycles. The first kappa shape index (κ1) is 24.5. The number of rotatable bonds is 9. The van der Waals surface area contributed by atoms with E-state index in [0.29, 0.717) is 43.0 Å². The lowest BCUT2D eigenvalue weighted by Gasteiger charge is -2.15. The summed E-state index contributed by atoms with van der Waals surface area (Å²) in [5, 5.41) is 6.63. The van der Waals surface area contributed by atoms with Gasteiger partial charge in [0.15, 0.2) is 17.5 Å². The molecule has 164 valence electrons. The third kappa shape index (κ3) is 7.75. The van der Waals surface area contributed by atoms with Gasteiger partial charge in [-0.05, 0) is 30.2 Å². The standard InChI is InChI=1S/C24H28N4O2.HI/c1-3-16-29-21-13-7-8-14-22(21)30-23-20(12-9-15-26-23)18-28-24(25-2)27-17-19-10-5-4-6-11-19;/h4-15H,3,16-18H2,1-2H3,(H2,25,27,28);1H. The van der Waals surface area contributed by atoms with Gasteiger partial charge >= 0.3 is 0 Å². The number of hydrogen-bond acceptors (Lipinski definition) is 4. The molecule has 2 aromatic carbocycles. The Labute approximate surface area is 201 Å². The minimum absolute atomic E-state index is 0. The summed E-state index contributed by atoms with van der Waals surface area (Å²) in [6.45, 7) is 3.93. The predicted molar refractivity (Wildman–Crippen MR) is 135 cm³/mol. The molecule has 0 aliphatic carbocycles. The van der Waals surface area contributed by atoms with Gasteiger partial charge < -0.3 is 20.1 Å². The monoisotopic (exact) mass is 532 g/mol. The van der Waals surface area contributed by atoms with Crippen molar-refractivity contribution in [2.24, 2.45) is 4.99 Å². The molecule has 0 fully saturated rings. The van der Waals surface area contributed by atoms with Crippen molar-refractivity contribution >= 4 is 29.9 Å². The number of guanidine groups is 1. The fourth-order valence-corrected chi connectivity index (χ4v) is 2.80. The third-order valence-electron chi connectivity index (χ3n) is 4.34. The van der Waals surface area contributed by atoms with E-state index in [2.05, 4.69) is 39.7 Å². The molecule has 2 N–H and O–H groups in total. The zero-order valence-corrected chi connectivity index (χ0v) is 20.2. The Bertz CT molecular complexity index is 951. The maximum Gasteiger partial charge on any atom is 0.224 e. The maximum atomic E-state index is 6.10. The second-order valence-electron chi connectivity index (χ2n) is 6.63. The first-order valence-corrected chi connectivity index (χ1v) is 10.1. The van der Waals surface area contributed by atoms with Crippen LogP contribution < -0.4 is 20.1 Å². The van der Waals surface area contributed by atoms with Crippen molar-refractivity contribution in [1.82, 2.24) is 15.6 Å². The molecule has 1 heterocycles. The van der Waals surface area contributed by atoms with Crippen LogP contribution in [-0.2, 0) is 13.1 Å². The van der Waals surface area contributed by atoms with E-state index >= 15 is 0 Å². The van der Waals surface area contributed by atoms with Crippen LogP contribution in [-0.4, -0.2) is 24.6 Å². The molecule has 0 aliphatic heterocycles. The molecule has 3 rings (SSSR count). The lowest BCUT2D eigenvalue weighted by atomic mass is 10.2. The highest BCUT2D eigenvalue weighted by Crippen LogP contribution is 2.31. The summed E-state index contributed by atoms with van der Waals surface area (Å²) < 4.78 is 11.9. The topological polar surface area (TPSA) is 67.8 Å². The summed E-state index contributed by atoms with van der Waals surface area (Å²) in [5.41, 5.74) is 2.11. The molecule has 0 radical (unpaired) electrons. The van der Waals surface area contributed by atoms with Crippen molar-refractivity contribution < 1.29 is 9.47 Å². The summed E-state index contributed by atoms with van der Waals surface area (Å²) in [6.07, 6.45) is 2.65. The molecule has 0 spiro atoms. The molecule has 0 amide bonds. The summed E-state index contributed by atoms with van der Waals surface area (Å²) in [6, 6.07) is 21.7. The average molecular weight is 532 g/mol. The second-order valence-corrected chi connectivity index (χ2v) is 6.63. The van der Waals surface area contributed by atoms with Gasteiger partial charge in [0.25, 0.3) is 0 Å². The fraction of sp³-hybridized carbons (Fsp3) is 0.250. The van der Waals surface area contributed by atoms with Crippen LogP contribution >= 0.6 is 24.0 Å². The van der Waals surface area contributed by atoms with Gasteiger partial charge in [0, 0.05) is 31.9 Å². The van der Waals surface area contributed by atoms with Gasteiger partial charge in [-0.1, -0.05) is 55.5 Å². The van der Waals surface area contributed by atoms with Crippen molar-refractivity contribution in [2.75, 3.05) is 13.7 Å². The summed E-state index contributed by atoms with van der Waals surface area (Å²) in [7, 11) is 1.75. The van der Waals surface area contributed by atoms with Crippen molar-refractivity contribution in [1.29, 1.82) is 0 Å². The number of nitrogens with one attached hydrogen (secondary N) is 2. The minimum atomic E-state index is 0. The summed E-state index contributed by atoms with van der Waals surface area (Å²) in [5.74, 6) is 2.61. The highest BCUT2D eigenvalue weighted by molar-refractivity contribution is 14.0. The lowest BCUT2D eigenvalue weighted by molar-refractivity contribution is 0.300. The molecule has 0 aliphatic rings. The summed E-state index contributed by atoms with van der Waals surface area (Å²) in [4.78, 5) is 8.71. The lowest BCUT2D eigenvalue weighted by Crippen LogP contribution is -2.36. The Morgan fingerprint density at radius 1 is 0.903 bits per heavy atom. The highest BCUT2D eigenvalue weighted by atomic mass is 127. The van der Waals surface area contributed by atoms with E-state index in [4.69, 9.17) is 9.47 Å². The first-order valence-electron chi connectivity index (χ1n) is 10.1. The molecule has 7 heteroatoms. The molecular formula is C24H29IN4O2. The van der Waals surface area contributed by atoms with Gasteiger partial charge in [-0.15, -0.1) is 24.0 Å². The molecule has 31 heavy (non-hydrogen) atoms. The number of aromatic nitrogens is 1. The van der Waals surface area contributed by atoms with E-state index in [9.17, 15) is 0 Å². The fourth-order valence-electron chi connectivity index (χ4n) is 2.80. The predicted octanol–water partition coefficient (Wildman–Crippen LogP) is 5.15. The van der Waals surface area contributed by atoms with Crippen molar-refractivity contribution in [2.45, 2.75) is 26.4 Å². The molecule has 0 bridgehead atoms. The van der Waals surface area contributed by atoms with Gasteiger partial charge in [0.1, 0.15) is 0 Å². The van der Waals surface area contributed by atoms with Gasteiger partial charge in [-0.3, -0.25) is 4.99 Å². The quantitative estimate of drug-likeness (QED) is 0.227. The number of nitrogens with zero attached hydrogens (tertiary/aromatic N) is 2. The number of halogens is 1. The largest absolute Gasteiger partial charge is 0.490 e. The van der Waals surface area contributed by atoms with Gasteiger partial charge in [-0.2, -0.15) is 0 Å². The number of ether oxygens (including phenoxy) is 2. The number of aliphatic imine (C=N–C) groups is 1. The van der Waals surface area contributed by atoms with Crippen LogP contribution in [0.2, 0.25) is 0 Å². The Morgan fingerprint density at radius 3 is 2.35 bits per heavy atom. The molecule has 1 aromatic heterocycles. The maximum absolute atomic E-state index is 6.10. The molecular weight excluding hydrogens is 503 g/mol. The second kappa shape index (κ2) is 13.5. The van der Waals surface area contributed by atoms with E-state index < -0.39 is 0 Å². The zero-order chi connectivity index (χ0) is 21.0. The third-order valence-corrected chi connectivity index (χ3v) is 4.34. The van der Waals surface area contributed by atoms with Gasteiger partial charge in [0.05, 0.1) is 6.61 Å². The van der Waals surface area contributed by atoms with E-state index in [-0.39, 0.29) is 24.0 Å². The molecule has 0 atom stereocenters. The number of benzene rings is 2. The van der Waals surface area contributed by atoms with Crippen molar-refractivity contribution in [3.63, 3.8) is 0 Å². The smallest absolute Gasteiger partial charge is 0.224 e. The SMILES string of the molecule is CCCOc1ccccc1Oc1ncccc1CNC(=NC)NCc1ccccc1.I. The number of hydrogen-bond donors (Lipinski definition) is 2. The highest BCUT2D eigenvalue weighted by Gasteiger charge is 2.11. The van der Waals surface area contributed by atoms with Gasteiger partial charge in [0.2, 0.25) is 5.88 Å². The Hall–Kier alpha value is -2.81. The molecule has 0 unspecified atom stereocenters. The minimum Gasteiger partial charge on any atom is -0.490 e. The van der Waals surface area contributed by atoms with Crippen LogP contribution in [0, 0.1) is 0 Å². The Balaban J connectivity index is 0.00000341. The van der Waals surface area contributed by atoms with E-state index in [0.717, 1.165) is 12.0 Å². The van der Waals surface area contributed by atoms with Crippen LogP contribution in [0.3, 0.4) is 0 Å². The van der Waals surface area contributed by atoms with Gasteiger partial charge in [-0.25, -0.2) is 4.98 Å². The van der Waals surface area contributed by atoms with Crippen LogP contribution in [0.4, 0.5) is 0 Å². The van der Waals surface area contributed by atoms with E-state index in [1.54, 1.807) is 13.2 Å². The zero-order valence-electron chi connectivity index (χ0n) is 17.9.